The molecule has 2 heteroatoms. The van der Waals surface area contributed by atoms with Crippen molar-refractivity contribution in [2.75, 3.05) is 0 Å². The van der Waals surface area contributed by atoms with Gasteiger partial charge in [-0.2, -0.15) is 0 Å². The Morgan fingerprint density at radius 3 is 2.50 bits per heavy atom. The van der Waals surface area contributed by atoms with E-state index >= 15 is 0 Å². The summed E-state index contributed by atoms with van der Waals surface area (Å²) in [5.74, 6) is 0.963. The van der Waals surface area contributed by atoms with Crippen molar-refractivity contribution in [1.29, 1.82) is 0 Å². The molecule has 16 heavy (non-hydrogen) atoms. The number of aryl methyl sites for hydroxylation is 2. The summed E-state index contributed by atoms with van der Waals surface area (Å²) in [6.07, 6.45) is 0.162. The summed E-state index contributed by atoms with van der Waals surface area (Å²) in [6, 6.07) is 4.11. The van der Waals surface area contributed by atoms with Crippen LogP contribution in [0.2, 0.25) is 0 Å². The highest BCUT2D eigenvalue weighted by Gasteiger charge is 2.14. The summed E-state index contributed by atoms with van der Waals surface area (Å²) < 4.78 is 5.71. The number of carbonyl (C=O) groups is 1. The first-order valence-corrected chi connectivity index (χ1v) is 5.73. The Morgan fingerprint density at radius 2 is 1.94 bits per heavy atom. The fraction of sp³-hybridized carbons (Fsp3) is 0.500. The second-order valence-corrected chi connectivity index (χ2v) is 4.28. The van der Waals surface area contributed by atoms with Crippen molar-refractivity contribution in [3.05, 3.63) is 28.8 Å². The Kier molecular flexibility index (Phi) is 4.11. The topological polar surface area (TPSA) is 26.3 Å². The zero-order valence-electron chi connectivity index (χ0n) is 10.8. The zero-order valence-corrected chi connectivity index (χ0v) is 10.8. The minimum Gasteiger partial charge on any atom is -0.483 e. The number of ether oxygens (including phenoxy) is 1. The maximum Gasteiger partial charge on any atom is 0.172 e. The van der Waals surface area contributed by atoms with Crippen LogP contribution in [0.1, 0.15) is 37.0 Å². The van der Waals surface area contributed by atoms with Gasteiger partial charge < -0.3 is 4.74 Å². The molecule has 2 nitrogen and oxygen atoms in total. The minimum atomic E-state index is -0.357. The molecule has 0 aromatic heterocycles. The van der Waals surface area contributed by atoms with E-state index in [4.69, 9.17) is 4.74 Å². The molecule has 0 aliphatic carbocycles. The van der Waals surface area contributed by atoms with E-state index in [0.29, 0.717) is 6.42 Å². The highest BCUT2D eigenvalue weighted by molar-refractivity contribution is 5.82. The third-order valence-electron chi connectivity index (χ3n) is 2.87. The summed E-state index contributed by atoms with van der Waals surface area (Å²) >= 11 is 0. The first kappa shape index (κ1) is 12.8. The number of Topliss-reactive ketones (excluding diaryl/α,β-unsaturated/α-hetero) is 1. The van der Waals surface area contributed by atoms with Gasteiger partial charge in [0.05, 0.1) is 0 Å². The van der Waals surface area contributed by atoms with Crippen molar-refractivity contribution < 1.29 is 9.53 Å². The van der Waals surface area contributed by atoms with Crippen molar-refractivity contribution in [3.8, 4) is 5.75 Å². The molecule has 88 valence electrons. The average molecular weight is 220 g/mol. The van der Waals surface area contributed by atoms with Crippen LogP contribution in [0.4, 0.5) is 0 Å². The molecular weight excluding hydrogens is 200 g/mol. The van der Waals surface area contributed by atoms with Gasteiger partial charge in [0.2, 0.25) is 0 Å². The molecule has 0 aliphatic heterocycles. The van der Waals surface area contributed by atoms with Crippen LogP contribution in [0.3, 0.4) is 0 Å². The lowest BCUT2D eigenvalue weighted by Gasteiger charge is -2.16. The van der Waals surface area contributed by atoms with E-state index in [2.05, 4.69) is 13.0 Å². The van der Waals surface area contributed by atoms with Gasteiger partial charge in [0.1, 0.15) is 5.75 Å². The van der Waals surface area contributed by atoms with Crippen molar-refractivity contribution >= 4 is 5.78 Å². The van der Waals surface area contributed by atoms with Crippen molar-refractivity contribution in [2.45, 2.75) is 47.1 Å². The number of benzene rings is 1. The lowest BCUT2D eigenvalue weighted by Crippen LogP contribution is -2.23. The van der Waals surface area contributed by atoms with Crippen LogP contribution in [0.25, 0.3) is 0 Å². The second-order valence-electron chi connectivity index (χ2n) is 4.28. The van der Waals surface area contributed by atoms with E-state index in [1.165, 1.54) is 5.56 Å². The fourth-order valence-electron chi connectivity index (χ4n) is 1.67. The predicted molar refractivity (Wildman–Crippen MR) is 66.0 cm³/mol. The zero-order chi connectivity index (χ0) is 12.3. The van der Waals surface area contributed by atoms with Gasteiger partial charge in [-0.05, 0) is 50.5 Å². The van der Waals surface area contributed by atoms with Gasteiger partial charge >= 0.3 is 0 Å². The van der Waals surface area contributed by atoms with Gasteiger partial charge in [0, 0.05) is 6.42 Å². The van der Waals surface area contributed by atoms with E-state index in [1.807, 2.05) is 33.8 Å². The predicted octanol–water partition coefficient (Wildman–Crippen LogP) is 3.36. The highest BCUT2D eigenvalue weighted by atomic mass is 16.5. The van der Waals surface area contributed by atoms with E-state index in [1.54, 1.807) is 0 Å². The van der Waals surface area contributed by atoms with Gasteiger partial charge in [0.25, 0.3) is 0 Å². The van der Waals surface area contributed by atoms with E-state index in [0.717, 1.165) is 16.9 Å². The molecule has 1 unspecified atom stereocenters. The van der Waals surface area contributed by atoms with Crippen LogP contribution in [-0.4, -0.2) is 11.9 Å². The molecule has 1 aromatic rings. The normalized spacial score (nSPS) is 12.3. The first-order chi connectivity index (χ1) is 7.45. The third-order valence-corrected chi connectivity index (χ3v) is 2.87. The van der Waals surface area contributed by atoms with Gasteiger partial charge in [-0.1, -0.05) is 13.0 Å². The third kappa shape index (κ3) is 2.84. The van der Waals surface area contributed by atoms with Crippen LogP contribution in [0, 0.1) is 20.8 Å². The quantitative estimate of drug-likeness (QED) is 0.777. The lowest BCUT2D eigenvalue weighted by atomic mass is 10.1. The summed E-state index contributed by atoms with van der Waals surface area (Å²) in [7, 11) is 0. The molecule has 0 saturated heterocycles. The lowest BCUT2D eigenvalue weighted by molar-refractivity contribution is -0.124. The molecule has 0 fully saturated rings. The van der Waals surface area contributed by atoms with E-state index in [-0.39, 0.29) is 11.9 Å². The van der Waals surface area contributed by atoms with Crippen molar-refractivity contribution in [1.82, 2.24) is 0 Å². The Morgan fingerprint density at radius 1 is 1.31 bits per heavy atom. The largest absolute Gasteiger partial charge is 0.483 e. The minimum absolute atomic E-state index is 0.138. The van der Waals surface area contributed by atoms with Crippen LogP contribution in [-0.2, 0) is 4.79 Å². The maximum atomic E-state index is 11.5. The molecule has 0 radical (unpaired) electrons. The Balaban J connectivity index is 2.93. The summed E-state index contributed by atoms with van der Waals surface area (Å²) in [5.41, 5.74) is 3.47. The van der Waals surface area contributed by atoms with Gasteiger partial charge in [-0.25, -0.2) is 0 Å². The fourth-order valence-corrected chi connectivity index (χ4v) is 1.67. The number of ketones is 1. The number of hydrogen-bond acceptors (Lipinski definition) is 2. The van der Waals surface area contributed by atoms with Crippen molar-refractivity contribution in [2.24, 2.45) is 0 Å². The smallest absolute Gasteiger partial charge is 0.172 e. The SMILES string of the molecule is CCC(=O)C(C)Oc1cc(C)cc(C)c1C. The van der Waals surface area contributed by atoms with E-state index in [9.17, 15) is 4.79 Å². The number of carbonyl (C=O) groups excluding carboxylic acids is 1. The molecular formula is C14H20O2. The standard InChI is InChI=1S/C14H20O2/c1-6-13(15)12(5)16-14-8-9(2)7-10(3)11(14)4/h7-8,12H,6H2,1-5H3. The average Bonchev–Trinajstić information content (AvgIpc) is 2.23. The Labute approximate surface area is 97.6 Å². The summed E-state index contributed by atoms with van der Waals surface area (Å²) in [5, 5.41) is 0. The molecule has 0 amide bonds. The summed E-state index contributed by atoms with van der Waals surface area (Å²) in [6.45, 7) is 9.78. The molecule has 0 bridgehead atoms. The monoisotopic (exact) mass is 220 g/mol. The van der Waals surface area contributed by atoms with Crippen LogP contribution in [0.5, 0.6) is 5.75 Å². The molecule has 0 N–H and O–H groups in total. The van der Waals surface area contributed by atoms with Gasteiger partial charge in [0.15, 0.2) is 11.9 Å². The summed E-state index contributed by atoms with van der Waals surface area (Å²) in [4.78, 5) is 11.5. The maximum absolute atomic E-state index is 11.5. The Bertz CT molecular complexity index is 394. The van der Waals surface area contributed by atoms with Gasteiger partial charge in [-0.3, -0.25) is 4.79 Å². The van der Waals surface area contributed by atoms with Crippen LogP contribution in [0.15, 0.2) is 12.1 Å². The van der Waals surface area contributed by atoms with Crippen molar-refractivity contribution in [3.63, 3.8) is 0 Å². The molecule has 0 saturated carbocycles. The molecule has 0 aliphatic rings. The van der Waals surface area contributed by atoms with Crippen LogP contribution < -0.4 is 4.74 Å². The van der Waals surface area contributed by atoms with Crippen LogP contribution >= 0.6 is 0 Å². The highest BCUT2D eigenvalue weighted by Crippen LogP contribution is 2.24. The molecule has 1 rings (SSSR count). The first-order valence-electron chi connectivity index (χ1n) is 5.73. The Hall–Kier alpha value is -1.31. The molecule has 0 heterocycles. The number of hydrogen-bond donors (Lipinski definition) is 0. The molecule has 1 atom stereocenters. The molecule has 1 aromatic carbocycles. The van der Waals surface area contributed by atoms with E-state index < -0.39 is 0 Å². The number of rotatable bonds is 4. The second kappa shape index (κ2) is 5.15. The molecule has 0 spiro atoms. The van der Waals surface area contributed by atoms with Gasteiger partial charge in [-0.15, -0.1) is 0 Å².